The first-order valence-electron chi connectivity index (χ1n) is 10.4. The summed E-state index contributed by atoms with van der Waals surface area (Å²) >= 11 is 0. The number of para-hydroxylation sites is 2. The molecule has 0 aromatic heterocycles. The molecule has 1 amide bonds. The van der Waals surface area contributed by atoms with Crippen LogP contribution in [0.15, 0.2) is 78.9 Å². The van der Waals surface area contributed by atoms with Crippen molar-refractivity contribution < 1.29 is 19.1 Å². The van der Waals surface area contributed by atoms with E-state index in [4.69, 9.17) is 9.47 Å². The third-order valence-corrected chi connectivity index (χ3v) is 4.82. The van der Waals surface area contributed by atoms with E-state index >= 15 is 0 Å². The summed E-state index contributed by atoms with van der Waals surface area (Å²) in [5.41, 5.74) is 3.51. The number of nitrogens with one attached hydrogen (secondary N) is 1. The Bertz CT molecular complexity index is 1020. The van der Waals surface area contributed by atoms with Gasteiger partial charge in [0.1, 0.15) is 5.75 Å². The maximum absolute atomic E-state index is 12.6. The quantitative estimate of drug-likeness (QED) is 0.483. The summed E-state index contributed by atoms with van der Waals surface area (Å²) in [6, 6.07) is 25.0. The van der Waals surface area contributed by atoms with Crippen molar-refractivity contribution in [1.82, 2.24) is 0 Å². The van der Waals surface area contributed by atoms with E-state index in [1.807, 2.05) is 85.8 Å². The number of rotatable bonds is 9. The van der Waals surface area contributed by atoms with Gasteiger partial charge < -0.3 is 14.8 Å². The zero-order chi connectivity index (χ0) is 22.1. The molecular formula is C26H27NO4. The molecule has 0 fully saturated rings. The third kappa shape index (κ3) is 6.19. The smallest absolute Gasteiger partial charge is 0.306 e. The van der Waals surface area contributed by atoms with E-state index in [1.54, 1.807) is 6.92 Å². The minimum Gasteiger partial charge on any atom is -0.494 e. The number of carbonyl (C=O) groups excluding carboxylic acids is 2. The van der Waals surface area contributed by atoms with Crippen molar-refractivity contribution in [1.29, 1.82) is 0 Å². The first kappa shape index (κ1) is 22.1. The molecule has 31 heavy (non-hydrogen) atoms. The molecule has 0 spiro atoms. The zero-order valence-corrected chi connectivity index (χ0v) is 17.8. The highest BCUT2D eigenvalue weighted by Gasteiger charge is 2.19. The van der Waals surface area contributed by atoms with Crippen LogP contribution in [0.5, 0.6) is 5.75 Å². The third-order valence-electron chi connectivity index (χ3n) is 4.82. The van der Waals surface area contributed by atoms with Gasteiger partial charge in [-0.05, 0) is 43.5 Å². The van der Waals surface area contributed by atoms with Gasteiger partial charge in [0.15, 0.2) is 6.10 Å². The molecule has 1 atom stereocenters. The van der Waals surface area contributed by atoms with Crippen molar-refractivity contribution in [3.05, 3.63) is 84.4 Å². The zero-order valence-electron chi connectivity index (χ0n) is 17.8. The van der Waals surface area contributed by atoms with Crippen molar-refractivity contribution in [2.45, 2.75) is 32.8 Å². The summed E-state index contributed by atoms with van der Waals surface area (Å²) in [4.78, 5) is 24.9. The number of amides is 1. The lowest BCUT2D eigenvalue weighted by molar-refractivity contribution is -0.153. The minimum absolute atomic E-state index is 0.169. The van der Waals surface area contributed by atoms with Crippen molar-refractivity contribution in [2.24, 2.45) is 0 Å². The lowest BCUT2D eigenvalue weighted by Crippen LogP contribution is -2.30. The van der Waals surface area contributed by atoms with E-state index in [2.05, 4.69) is 5.32 Å². The van der Waals surface area contributed by atoms with E-state index in [0.717, 1.165) is 22.4 Å². The van der Waals surface area contributed by atoms with E-state index in [9.17, 15) is 9.59 Å². The Morgan fingerprint density at radius 2 is 1.58 bits per heavy atom. The van der Waals surface area contributed by atoms with Crippen LogP contribution < -0.4 is 10.1 Å². The highest BCUT2D eigenvalue weighted by atomic mass is 16.5. The summed E-state index contributed by atoms with van der Waals surface area (Å²) in [5, 5.41) is 2.88. The normalized spacial score (nSPS) is 11.4. The molecular weight excluding hydrogens is 390 g/mol. The molecule has 0 aliphatic rings. The number of hydrogen-bond acceptors (Lipinski definition) is 4. The van der Waals surface area contributed by atoms with Crippen LogP contribution in [0, 0.1) is 0 Å². The van der Waals surface area contributed by atoms with E-state index < -0.39 is 12.1 Å². The Morgan fingerprint density at radius 1 is 0.903 bits per heavy atom. The monoisotopic (exact) mass is 417 g/mol. The van der Waals surface area contributed by atoms with Gasteiger partial charge in [-0.15, -0.1) is 0 Å². The number of esters is 1. The van der Waals surface area contributed by atoms with Gasteiger partial charge in [-0.2, -0.15) is 0 Å². The maximum atomic E-state index is 12.6. The van der Waals surface area contributed by atoms with E-state index in [0.29, 0.717) is 18.7 Å². The number of benzene rings is 3. The number of anilines is 1. The van der Waals surface area contributed by atoms with E-state index in [1.165, 1.54) is 0 Å². The topological polar surface area (TPSA) is 64.6 Å². The lowest BCUT2D eigenvalue weighted by Gasteiger charge is -2.16. The predicted octanol–water partition coefficient (Wildman–Crippen LogP) is 5.26. The molecule has 1 N–H and O–H groups in total. The van der Waals surface area contributed by atoms with Gasteiger partial charge in [-0.1, -0.05) is 66.7 Å². The molecule has 5 heteroatoms. The highest BCUT2D eigenvalue weighted by Crippen LogP contribution is 2.27. The van der Waals surface area contributed by atoms with Crippen molar-refractivity contribution in [2.75, 3.05) is 11.9 Å². The molecule has 0 radical (unpaired) electrons. The Hall–Kier alpha value is -3.60. The second-order valence-corrected chi connectivity index (χ2v) is 7.07. The van der Waals surface area contributed by atoms with Gasteiger partial charge in [0, 0.05) is 17.7 Å². The maximum Gasteiger partial charge on any atom is 0.306 e. The highest BCUT2D eigenvalue weighted by molar-refractivity contribution is 5.98. The number of carbonyl (C=O) groups is 2. The second-order valence-electron chi connectivity index (χ2n) is 7.07. The fourth-order valence-electron chi connectivity index (χ4n) is 3.25. The summed E-state index contributed by atoms with van der Waals surface area (Å²) < 4.78 is 10.9. The lowest BCUT2D eigenvalue weighted by atomic mass is 10.0. The molecule has 3 aromatic rings. The molecule has 160 valence electrons. The van der Waals surface area contributed by atoms with Gasteiger partial charge >= 0.3 is 5.97 Å². The predicted molar refractivity (Wildman–Crippen MR) is 122 cm³/mol. The number of hydrogen-bond donors (Lipinski definition) is 1. The number of aryl methyl sites for hydroxylation is 1. The van der Waals surface area contributed by atoms with Crippen molar-refractivity contribution in [3.63, 3.8) is 0 Å². The fraction of sp³-hybridized carbons (Fsp3) is 0.231. The minimum atomic E-state index is -0.904. The summed E-state index contributed by atoms with van der Waals surface area (Å²) in [5.74, 6) is -0.0298. The molecule has 0 aliphatic heterocycles. The molecule has 3 rings (SSSR count). The molecule has 0 bridgehead atoms. The van der Waals surface area contributed by atoms with Crippen LogP contribution in [0.4, 0.5) is 5.69 Å². The van der Waals surface area contributed by atoms with Crippen LogP contribution in [0.25, 0.3) is 11.1 Å². The molecule has 0 unspecified atom stereocenters. The fourth-order valence-corrected chi connectivity index (χ4v) is 3.25. The van der Waals surface area contributed by atoms with Crippen molar-refractivity contribution >= 4 is 17.6 Å². The van der Waals surface area contributed by atoms with Gasteiger partial charge in [0.2, 0.25) is 0 Å². The molecule has 3 aromatic carbocycles. The van der Waals surface area contributed by atoms with Gasteiger partial charge in [0.25, 0.3) is 5.91 Å². The van der Waals surface area contributed by atoms with Crippen LogP contribution in [0.3, 0.4) is 0 Å². The van der Waals surface area contributed by atoms with Crippen LogP contribution in [0.2, 0.25) is 0 Å². The number of ether oxygens (including phenoxy) is 2. The molecule has 0 heterocycles. The first-order chi connectivity index (χ1) is 15.1. The molecule has 5 nitrogen and oxygen atoms in total. The molecule has 0 saturated carbocycles. The summed E-state index contributed by atoms with van der Waals surface area (Å²) in [7, 11) is 0. The van der Waals surface area contributed by atoms with Crippen LogP contribution >= 0.6 is 0 Å². The van der Waals surface area contributed by atoms with Gasteiger partial charge in [-0.3, -0.25) is 9.59 Å². The second kappa shape index (κ2) is 11.0. The summed E-state index contributed by atoms with van der Waals surface area (Å²) in [6.07, 6.45) is -0.249. The van der Waals surface area contributed by atoms with Crippen LogP contribution in [0.1, 0.15) is 25.8 Å². The largest absolute Gasteiger partial charge is 0.494 e. The van der Waals surface area contributed by atoms with Gasteiger partial charge in [-0.25, -0.2) is 0 Å². The Morgan fingerprint density at radius 3 is 2.35 bits per heavy atom. The Labute approximate surface area is 183 Å². The summed E-state index contributed by atoms with van der Waals surface area (Å²) in [6.45, 7) is 4.05. The van der Waals surface area contributed by atoms with Crippen molar-refractivity contribution in [3.8, 4) is 16.9 Å². The van der Waals surface area contributed by atoms with Crippen LogP contribution in [-0.2, 0) is 20.7 Å². The first-order valence-corrected chi connectivity index (χ1v) is 10.4. The average Bonchev–Trinajstić information content (AvgIpc) is 2.79. The average molecular weight is 418 g/mol. The molecule has 0 saturated heterocycles. The van der Waals surface area contributed by atoms with Gasteiger partial charge in [0.05, 0.1) is 6.61 Å². The van der Waals surface area contributed by atoms with E-state index in [-0.39, 0.29) is 12.3 Å². The van der Waals surface area contributed by atoms with Crippen LogP contribution in [-0.4, -0.2) is 24.6 Å². The standard InChI is InChI=1S/C26H27NO4/c1-3-30-24-16-10-7-13-21(24)17-18-25(28)31-19(2)26(29)27-23-15-9-8-14-22(23)20-11-5-4-6-12-20/h4-16,19H,3,17-18H2,1-2H3,(H,27,29)/t19-/m0/s1. The molecule has 0 aliphatic carbocycles. The SMILES string of the molecule is CCOc1ccccc1CCC(=O)O[C@@H](C)C(=O)Nc1ccccc1-c1ccccc1. The Kier molecular flexibility index (Phi) is 7.82. The Balaban J connectivity index is 1.57.